The molecule has 0 aliphatic carbocycles. The van der Waals surface area contributed by atoms with Gasteiger partial charge < -0.3 is 4.74 Å². The largest absolute Gasteiger partial charge is 0.370 e. The Hall–Kier alpha value is -0.0400. The number of rotatable bonds is 8. The van der Waals surface area contributed by atoms with Crippen LogP contribution in [0.25, 0.3) is 0 Å². The third kappa shape index (κ3) is 4.00. The Bertz CT molecular complexity index is 144. The molecule has 0 saturated carbocycles. The van der Waals surface area contributed by atoms with Gasteiger partial charge in [0, 0.05) is 0 Å². The predicted molar refractivity (Wildman–Crippen MR) is 61.5 cm³/mol. The van der Waals surface area contributed by atoms with E-state index in [0.717, 1.165) is 5.92 Å². The van der Waals surface area contributed by atoms with Crippen LogP contribution < -0.4 is 0 Å². The predicted octanol–water partition coefficient (Wildman–Crippen LogP) is 4.16. The smallest absolute Gasteiger partial charge is 0.0867 e. The molecule has 0 aromatic heterocycles. The molecule has 3 atom stereocenters. The summed E-state index contributed by atoms with van der Waals surface area (Å²) in [5, 5.41) is 0. The van der Waals surface area contributed by atoms with Gasteiger partial charge in [0.1, 0.15) is 0 Å². The Morgan fingerprint density at radius 1 is 1.00 bits per heavy atom. The summed E-state index contributed by atoms with van der Waals surface area (Å²) in [5.41, 5.74) is 0. The van der Waals surface area contributed by atoms with Gasteiger partial charge in [0.2, 0.25) is 0 Å². The van der Waals surface area contributed by atoms with Crippen molar-refractivity contribution < 1.29 is 4.74 Å². The lowest BCUT2D eigenvalue weighted by atomic mass is 9.92. The molecule has 1 heterocycles. The standard InChI is InChI=1S/C13H26O/c1-4-6-7-8-10-12(9-5-2)13-11(3)14-13/h11-13H,4-10H2,1-3H3. The summed E-state index contributed by atoms with van der Waals surface area (Å²) in [6.07, 6.45) is 10.8. The van der Waals surface area contributed by atoms with Crippen molar-refractivity contribution in [1.29, 1.82) is 0 Å². The zero-order valence-electron chi connectivity index (χ0n) is 10.1. The van der Waals surface area contributed by atoms with E-state index in [1.54, 1.807) is 0 Å². The Morgan fingerprint density at radius 3 is 2.21 bits per heavy atom. The number of hydrogen-bond acceptors (Lipinski definition) is 1. The molecule has 0 N–H and O–H groups in total. The van der Waals surface area contributed by atoms with E-state index in [0.29, 0.717) is 12.2 Å². The Balaban J connectivity index is 2.09. The monoisotopic (exact) mass is 198 g/mol. The zero-order valence-corrected chi connectivity index (χ0v) is 10.1. The van der Waals surface area contributed by atoms with E-state index in [-0.39, 0.29) is 0 Å². The van der Waals surface area contributed by atoms with Gasteiger partial charge in [-0.1, -0.05) is 46.0 Å². The van der Waals surface area contributed by atoms with Gasteiger partial charge >= 0.3 is 0 Å². The lowest BCUT2D eigenvalue weighted by molar-refractivity contribution is 0.289. The highest BCUT2D eigenvalue weighted by Gasteiger charge is 2.39. The fourth-order valence-electron chi connectivity index (χ4n) is 2.37. The number of hydrogen-bond donors (Lipinski definition) is 0. The SMILES string of the molecule is CCCCCCC(CCC)C1OC1C. The molecule has 0 aromatic carbocycles. The summed E-state index contributed by atoms with van der Waals surface area (Å²) in [4.78, 5) is 0. The van der Waals surface area contributed by atoms with E-state index in [1.807, 2.05) is 0 Å². The first kappa shape index (κ1) is 12.0. The quantitative estimate of drug-likeness (QED) is 0.421. The summed E-state index contributed by atoms with van der Waals surface area (Å²) in [6.45, 7) is 6.76. The second-order valence-corrected chi connectivity index (χ2v) is 4.70. The van der Waals surface area contributed by atoms with Gasteiger partial charge in [-0.05, 0) is 25.7 Å². The minimum Gasteiger partial charge on any atom is -0.370 e. The van der Waals surface area contributed by atoms with Crippen molar-refractivity contribution in [1.82, 2.24) is 0 Å². The molecule has 1 fully saturated rings. The minimum atomic E-state index is 0.553. The number of unbranched alkanes of at least 4 members (excludes halogenated alkanes) is 3. The molecular formula is C13H26O. The first-order valence-electron chi connectivity index (χ1n) is 6.45. The molecule has 1 nitrogen and oxygen atoms in total. The van der Waals surface area contributed by atoms with Crippen molar-refractivity contribution in [3.8, 4) is 0 Å². The van der Waals surface area contributed by atoms with Crippen molar-refractivity contribution in [3.63, 3.8) is 0 Å². The van der Waals surface area contributed by atoms with Gasteiger partial charge in [0.05, 0.1) is 12.2 Å². The maximum atomic E-state index is 5.59. The molecule has 1 rings (SSSR count). The summed E-state index contributed by atoms with van der Waals surface area (Å²) in [7, 11) is 0. The van der Waals surface area contributed by atoms with Gasteiger partial charge in [-0.3, -0.25) is 0 Å². The van der Waals surface area contributed by atoms with E-state index in [1.165, 1.54) is 44.9 Å². The third-order valence-corrected chi connectivity index (χ3v) is 3.31. The van der Waals surface area contributed by atoms with Gasteiger partial charge in [0.25, 0.3) is 0 Å². The molecule has 14 heavy (non-hydrogen) atoms. The molecule has 0 radical (unpaired) electrons. The van der Waals surface area contributed by atoms with Gasteiger partial charge in [-0.2, -0.15) is 0 Å². The molecule has 1 aliphatic heterocycles. The molecule has 1 aliphatic rings. The average molecular weight is 198 g/mol. The third-order valence-electron chi connectivity index (χ3n) is 3.31. The first-order chi connectivity index (χ1) is 6.79. The van der Waals surface area contributed by atoms with Crippen LogP contribution in [0.3, 0.4) is 0 Å². The van der Waals surface area contributed by atoms with Crippen molar-refractivity contribution in [3.05, 3.63) is 0 Å². The van der Waals surface area contributed by atoms with Crippen LogP contribution >= 0.6 is 0 Å². The fourth-order valence-corrected chi connectivity index (χ4v) is 2.37. The molecule has 1 heteroatoms. The fraction of sp³-hybridized carbons (Fsp3) is 1.00. The Kier molecular flexibility index (Phi) is 5.54. The second kappa shape index (κ2) is 6.44. The lowest BCUT2D eigenvalue weighted by Gasteiger charge is -2.12. The van der Waals surface area contributed by atoms with Crippen molar-refractivity contribution in [2.24, 2.45) is 5.92 Å². The lowest BCUT2D eigenvalue weighted by Crippen LogP contribution is -2.09. The normalized spacial score (nSPS) is 27.6. The summed E-state index contributed by atoms with van der Waals surface area (Å²) < 4.78 is 5.59. The van der Waals surface area contributed by atoms with Crippen LogP contribution in [0, 0.1) is 5.92 Å². The topological polar surface area (TPSA) is 12.5 Å². The number of ether oxygens (including phenoxy) is 1. The van der Waals surface area contributed by atoms with Crippen LogP contribution in [-0.4, -0.2) is 12.2 Å². The highest BCUT2D eigenvalue weighted by atomic mass is 16.6. The molecule has 0 bridgehead atoms. The zero-order chi connectivity index (χ0) is 10.4. The molecule has 1 saturated heterocycles. The molecule has 0 spiro atoms. The molecule has 84 valence electrons. The number of epoxide rings is 1. The maximum absolute atomic E-state index is 5.59. The van der Waals surface area contributed by atoms with E-state index in [4.69, 9.17) is 4.74 Å². The summed E-state index contributed by atoms with van der Waals surface area (Å²) in [5.74, 6) is 0.854. The van der Waals surface area contributed by atoms with Gasteiger partial charge in [-0.25, -0.2) is 0 Å². The van der Waals surface area contributed by atoms with Gasteiger partial charge in [-0.15, -0.1) is 0 Å². The van der Waals surface area contributed by atoms with Gasteiger partial charge in [0.15, 0.2) is 0 Å². The minimum absolute atomic E-state index is 0.553. The average Bonchev–Trinajstić information content (AvgIpc) is 2.88. The van der Waals surface area contributed by atoms with E-state index >= 15 is 0 Å². The van der Waals surface area contributed by atoms with Crippen LogP contribution in [0.5, 0.6) is 0 Å². The van der Waals surface area contributed by atoms with Crippen LogP contribution in [0.15, 0.2) is 0 Å². The maximum Gasteiger partial charge on any atom is 0.0867 e. The Morgan fingerprint density at radius 2 is 1.71 bits per heavy atom. The van der Waals surface area contributed by atoms with E-state index in [2.05, 4.69) is 20.8 Å². The van der Waals surface area contributed by atoms with Crippen molar-refractivity contribution in [2.75, 3.05) is 0 Å². The van der Waals surface area contributed by atoms with Crippen LogP contribution in [0.2, 0.25) is 0 Å². The van der Waals surface area contributed by atoms with Crippen molar-refractivity contribution in [2.45, 2.75) is 77.9 Å². The van der Waals surface area contributed by atoms with Crippen molar-refractivity contribution >= 4 is 0 Å². The van der Waals surface area contributed by atoms with E-state index < -0.39 is 0 Å². The summed E-state index contributed by atoms with van der Waals surface area (Å²) >= 11 is 0. The van der Waals surface area contributed by atoms with Crippen LogP contribution in [-0.2, 0) is 4.74 Å². The highest BCUT2D eigenvalue weighted by molar-refractivity contribution is 4.86. The Labute approximate surface area is 89.2 Å². The summed E-state index contributed by atoms with van der Waals surface area (Å²) in [6, 6.07) is 0. The second-order valence-electron chi connectivity index (χ2n) is 4.70. The molecular weight excluding hydrogens is 172 g/mol. The van der Waals surface area contributed by atoms with Crippen LogP contribution in [0.4, 0.5) is 0 Å². The highest BCUT2D eigenvalue weighted by Crippen LogP contribution is 2.34. The molecule has 3 unspecified atom stereocenters. The van der Waals surface area contributed by atoms with E-state index in [9.17, 15) is 0 Å². The molecule has 0 aromatic rings. The molecule has 0 amide bonds. The first-order valence-corrected chi connectivity index (χ1v) is 6.45. The van der Waals surface area contributed by atoms with Crippen LogP contribution in [0.1, 0.15) is 65.7 Å².